The summed E-state index contributed by atoms with van der Waals surface area (Å²) in [7, 11) is 0. The van der Waals surface area contributed by atoms with E-state index in [1.54, 1.807) is 0 Å². The van der Waals surface area contributed by atoms with Gasteiger partial charge in [-0.2, -0.15) is 0 Å². The fourth-order valence-corrected chi connectivity index (χ4v) is 3.70. The van der Waals surface area contributed by atoms with Gasteiger partial charge in [-0.3, -0.25) is 0 Å². The van der Waals surface area contributed by atoms with Crippen molar-refractivity contribution in [1.82, 2.24) is 10.2 Å². The third-order valence-electron chi connectivity index (χ3n) is 5.01. The summed E-state index contributed by atoms with van der Waals surface area (Å²) in [5.74, 6) is 2.27. The lowest BCUT2D eigenvalue weighted by Gasteiger charge is -2.45. The van der Waals surface area contributed by atoms with Gasteiger partial charge in [-0.1, -0.05) is 6.07 Å². The first-order chi connectivity index (χ1) is 10.3. The molecule has 2 unspecified atom stereocenters. The number of aliphatic hydroxyl groups excluding tert-OH is 1. The van der Waals surface area contributed by atoms with E-state index < -0.39 is 6.10 Å². The zero-order valence-electron chi connectivity index (χ0n) is 12.1. The van der Waals surface area contributed by atoms with E-state index in [1.165, 1.54) is 25.9 Å². The second-order valence-corrected chi connectivity index (χ2v) is 6.28. The second-order valence-electron chi connectivity index (χ2n) is 6.28. The maximum Gasteiger partial charge on any atom is 0.231 e. The van der Waals surface area contributed by atoms with Crippen LogP contribution in [0.25, 0.3) is 0 Å². The van der Waals surface area contributed by atoms with Gasteiger partial charge in [-0.15, -0.1) is 0 Å². The number of nitrogens with one attached hydrogen (secondary N) is 1. The zero-order chi connectivity index (χ0) is 14.2. The van der Waals surface area contributed by atoms with Crippen LogP contribution in [-0.2, 0) is 0 Å². The fraction of sp³-hybridized carbons (Fsp3) is 0.625. The summed E-state index contributed by atoms with van der Waals surface area (Å²) in [6, 6.07) is 6.19. The van der Waals surface area contributed by atoms with Gasteiger partial charge in [0.05, 0.1) is 6.10 Å². The molecule has 4 aliphatic rings. The van der Waals surface area contributed by atoms with Crippen molar-refractivity contribution in [2.75, 3.05) is 33.0 Å². The van der Waals surface area contributed by atoms with Crippen molar-refractivity contribution in [3.05, 3.63) is 23.8 Å². The predicted octanol–water partition coefficient (Wildman–Crippen LogP) is 1.13. The number of benzene rings is 1. The number of hydrogen-bond acceptors (Lipinski definition) is 5. The van der Waals surface area contributed by atoms with Crippen LogP contribution < -0.4 is 14.8 Å². The van der Waals surface area contributed by atoms with Crippen molar-refractivity contribution < 1.29 is 14.6 Å². The Bertz CT molecular complexity index is 514. The number of rotatable bonds is 4. The van der Waals surface area contributed by atoms with E-state index in [1.807, 2.05) is 18.2 Å². The summed E-state index contributed by atoms with van der Waals surface area (Å²) in [5.41, 5.74) is 0.882. The Kier molecular flexibility index (Phi) is 3.49. The van der Waals surface area contributed by atoms with Crippen LogP contribution >= 0.6 is 0 Å². The van der Waals surface area contributed by atoms with E-state index in [0.29, 0.717) is 12.6 Å². The first kappa shape index (κ1) is 13.4. The maximum absolute atomic E-state index is 10.4. The van der Waals surface area contributed by atoms with E-state index in [9.17, 15) is 5.11 Å². The maximum atomic E-state index is 10.4. The van der Waals surface area contributed by atoms with Gasteiger partial charge in [0.25, 0.3) is 0 Å². The fourth-order valence-electron chi connectivity index (χ4n) is 3.70. The Labute approximate surface area is 124 Å². The van der Waals surface area contributed by atoms with Crippen molar-refractivity contribution in [3.8, 4) is 11.5 Å². The van der Waals surface area contributed by atoms with Gasteiger partial charge in [0, 0.05) is 19.1 Å². The molecule has 5 rings (SSSR count). The minimum Gasteiger partial charge on any atom is -0.454 e. The second kappa shape index (κ2) is 5.48. The van der Waals surface area contributed by atoms with E-state index in [0.717, 1.165) is 29.5 Å². The summed E-state index contributed by atoms with van der Waals surface area (Å²) < 4.78 is 10.7. The smallest absolute Gasteiger partial charge is 0.231 e. The molecule has 0 aliphatic carbocycles. The number of fused-ring (bicyclic) bond motifs is 4. The van der Waals surface area contributed by atoms with Gasteiger partial charge in [0.15, 0.2) is 11.5 Å². The van der Waals surface area contributed by atoms with Gasteiger partial charge < -0.3 is 24.8 Å². The van der Waals surface area contributed by atoms with E-state index in [2.05, 4.69) is 10.2 Å². The molecule has 0 amide bonds. The van der Waals surface area contributed by atoms with Crippen molar-refractivity contribution >= 4 is 0 Å². The molecule has 0 radical (unpaired) electrons. The molecule has 2 bridgehead atoms. The highest BCUT2D eigenvalue weighted by atomic mass is 16.7. The minimum atomic E-state index is -0.505. The Morgan fingerprint density at radius 1 is 1.24 bits per heavy atom. The first-order valence-electron chi connectivity index (χ1n) is 7.83. The molecule has 2 atom stereocenters. The topological polar surface area (TPSA) is 54.0 Å². The van der Waals surface area contributed by atoms with Crippen LogP contribution in [-0.4, -0.2) is 49.0 Å². The van der Waals surface area contributed by atoms with Crippen LogP contribution in [0.5, 0.6) is 11.5 Å². The van der Waals surface area contributed by atoms with Gasteiger partial charge in [-0.05, 0) is 49.5 Å². The molecular weight excluding hydrogens is 268 g/mol. The summed E-state index contributed by atoms with van der Waals surface area (Å²) in [6.45, 7) is 4.47. The Morgan fingerprint density at radius 3 is 2.81 bits per heavy atom. The monoisotopic (exact) mass is 290 g/mol. The van der Waals surface area contributed by atoms with Crippen LogP contribution in [0.3, 0.4) is 0 Å². The average molecular weight is 290 g/mol. The molecule has 114 valence electrons. The quantitative estimate of drug-likeness (QED) is 0.871. The van der Waals surface area contributed by atoms with Crippen LogP contribution in [0.2, 0.25) is 0 Å². The van der Waals surface area contributed by atoms with Gasteiger partial charge in [-0.25, -0.2) is 0 Å². The molecule has 5 nitrogen and oxygen atoms in total. The number of hydrogen-bond donors (Lipinski definition) is 2. The number of ether oxygens (including phenoxy) is 2. The van der Waals surface area contributed by atoms with Crippen LogP contribution in [0, 0.1) is 5.92 Å². The van der Waals surface area contributed by atoms with E-state index in [-0.39, 0.29) is 6.79 Å². The third-order valence-corrected chi connectivity index (χ3v) is 5.01. The highest BCUT2D eigenvalue weighted by Crippen LogP contribution is 2.34. The van der Waals surface area contributed by atoms with E-state index in [4.69, 9.17) is 9.47 Å². The molecule has 2 N–H and O–H groups in total. The molecule has 3 saturated heterocycles. The summed E-state index contributed by atoms with van der Waals surface area (Å²) in [5, 5.41) is 13.9. The molecule has 0 spiro atoms. The first-order valence-corrected chi connectivity index (χ1v) is 7.83. The highest BCUT2D eigenvalue weighted by molar-refractivity contribution is 5.45. The molecule has 4 aliphatic heterocycles. The number of aliphatic hydroxyl groups is 1. The Balaban J connectivity index is 1.36. The average Bonchev–Trinajstić information content (AvgIpc) is 3.01. The normalized spacial score (nSPS) is 31.4. The molecule has 3 fully saturated rings. The van der Waals surface area contributed by atoms with Crippen molar-refractivity contribution in [2.24, 2.45) is 5.92 Å². The third kappa shape index (κ3) is 2.61. The van der Waals surface area contributed by atoms with Crippen LogP contribution in [0.1, 0.15) is 24.5 Å². The minimum absolute atomic E-state index is 0.271. The van der Waals surface area contributed by atoms with E-state index >= 15 is 0 Å². The van der Waals surface area contributed by atoms with Crippen LogP contribution in [0.15, 0.2) is 18.2 Å². The van der Waals surface area contributed by atoms with Gasteiger partial charge in [0.2, 0.25) is 6.79 Å². The van der Waals surface area contributed by atoms with Crippen molar-refractivity contribution in [3.63, 3.8) is 0 Å². The summed E-state index contributed by atoms with van der Waals surface area (Å²) in [4.78, 5) is 2.52. The SMILES string of the molecule is OC(CNC1CN2CCC1CC2)c1ccc2c(c1)OCO2. The summed E-state index contributed by atoms with van der Waals surface area (Å²) >= 11 is 0. The standard InChI is InChI=1S/C16H22N2O3/c19-14(12-1-2-15-16(7-12)21-10-20-15)8-17-13-9-18-5-3-11(13)4-6-18/h1-2,7,11,13-14,17,19H,3-6,8-10H2. The molecule has 1 aromatic rings. The van der Waals surface area contributed by atoms with Crippen LogP contribution in [0.4, 0.5) is 0 Å². The highest BCUT2D eigenvalue weighted by Gasteiger charge is 2.33. The molecule has 0 saturated carbocycles. The molecule has 4 heterocycles. The predicted molar refractivity (Wildman–Crippen MR) is 78.5 cm³/mol. The lowest BCUT2D eigenvalue weighted by atomic mass is 9.84. The lowest BCUT2D eigenvalue weighted by Crippen LogP contribution is -2.56. The molecule has 0 aromatic heterocycles. The van der Waals surface area contributed by atoms with Crippen molar-refractivity contribution in [2.45, 2.75) is 25.0 Å². The molecule has 5 heteroatoms. The molecular formula is C16H22N2O3. The summed E-state index contributed by atoms with van der Waals surface area (Å²) in [6.07, 6.45) is 2.07. The largest absolute Gasteiger partial charge is 0.454 e. The number of piperidine rings is 3. The molecule has 21 heavy (non-hydrogen) atoms. The molecule has 1 aromatic carbocycles. The van der Waals surface area contributed by atoms with Gasteiger partial charge in [0.1, 0.15) is 0 Å². The van der Waals surface area contributed by atoms with Gasteiger partial charge >= 0.3 is 0 Å². The van der Waals surface area contributed by atoms with Crippen molar-refractivity contribution in [1.29, 1.82) is 0 Å². The Morgan fingerprint density at radius 2 is 2.05 bits per heavy atom. The Hall–Kier alpha value is -1.30. The number of nitrogens with zero attached hydrogens (tertiary/aromatic N) is 1. The lowest BCUT2D eigenvalue weighted by molar-refractivity contribution is 0.0635. The zero-order valence-corrected chi connectivity index (χ0v) is 12.1.